The largest absolute Gasteiger partial charge is 0.298 e. The molecule has 0 aliphatic heterocycles. The van der Waals surface area contributed by atoms with Crippen molar-refractivity contribution in [2.45, 2.75) is 30.7 Å². The first-order chi connectivity index (χ1) is 8.46. The van der Waals surface area contributed by atoms with Gasteiger partial charge in [-0.05, 0) is 37.8 Å². The molecular weight excluding hydrogens is 250 g/mol. The lowest BCUT2D eigenvalue weighted by Gasteiger charge is -2.24. The second-order valence-electron chi connectivity index (χ2n) is 4.79. The van der Waals surface area contributed by atoms with E-state index in [1.165, 1.54) is 28.6 Å². The first kappa shape index (κ1) is 13.2. The monoisotopic (exact) mass is 267 g/mol. The van der Waals surface area contributed by atoms with Crippen LogP contribution in [0.2, 0.25) is 0 Å². The number of hydrogen-bond acceptors (Lipinski definition) is 3. The number of hydrogen-bond donors (Lipinski definition) is 0. The van der Waals surface area contributed by atoms with E-state index >= 15 is 0 Å². The molecule has 0 amide bonds. The van der Waals surface area contributed by atoms with E-state index in [2.05, 4.69) is 0 Å². The van der Waals surface area contributed by atoms with Crippen molar-refractivity contribution < 1.29 is 13.2 Å². The van der Waals surface area contributed by atoms with Gasteiger partial charge in [0.15, 0.2) is 0 Å². The molecule has 1 saturated carbocycles. The summed E-state index contributed by atoms with van der Waals surface area (Å²) >= 11 is 0. The van der Waals surface area contributed by atoms with Crippen LogP contribution in [0.1, 0.15) is 30.1 Å². The van der Waals surface area contributed by atoms with Gasteiger partial charge in [0.1, 0.15) is 6.29 Å². The normalized spacial score (nSPS) is 17.7. The molecule has 1 aliphatic carbocycles. The van der Waals surface area contributed by atoms with Gasteiger partial charge < -0.3 is 0 Å². The topological polar surface area (TPSA) is 54.5 Å². The van der Waals surface area contributed by atoms with Gasteiger partial charge in [-0.2, -0.15) is 4.31 Å². The second-order valence-corrected chi connectivity index (χ2v) is 6.78. The van der Waals surface area contributed by atoms with E-state index in [0.717, 1.165) is 12.8 Å². The van der Waals surface area contributed by atoms with Crippen LogP contribution in [0, 0.1) is 5.92 Å². The Labute approximate surface area is 108 Å². The molecule has 1 aliphatic rings. The molecule has 0 bridgehead atoms. The lowest BCUT2D eigenvalue weighted by atomic mass is 10.2. The van der Waals surface area contributed by atoms with E-state index in [0.29, 0.717) is 17.8 Å². The number of carbonyl (C=O) groups excluding carboxylic acids is 1. The SMILES string of the molecule is CC(C1CC1)N(C)S(=O)(=O)c1ccc(C=O)cc1. The minimum atomic E-state index is -3.45. The van der Waals surface area contributed by atoms with Crippen LogP contribution in [-0.2, 0) is 10.0 Å². The van der Waals surface area contributed by atoms with Crippen LogP contribution in [0.5, 0.6) is 0 Å². The molecule has 0 radical (unpaired) electrons. The third-order valence-corrected chi connectivity index (χ3v) is 5.53. The summed E-state index contributed by atoms with van der Waals surface area (Å²) in [6.45, 7) is 1.94. The Morgan fingerprint density at radius 1 is 1.28 bits per heavy atom. The lowest BCUT2D eigenvalue weighted by molar-refractivity contribution is 0.112. The fourth-order valence-electron chi connectivity index (χ4n) is 1.98. The molecule has 1 aromatic rings. The maximum Gasteiger partial charge on any atom is 0.243 e. The molecule has 1 aromatic carbocycles. The van der Waals surface area contributed by atoms with Crippen molar-refractivity contribution in [3.05, 3.63) is 29.8 Å². The molecule has 0 spiro atoms. The summed E-state index contributed by atoms with van der Waals surface area (Å²) < 4.78 is 26.1. The zero-order chi connectivity index (χ0) is 13.3. The highest BCUT2D eigenvalue weighted by Gasteiger charge is 2.35. The van der Waals surface area contributed by atoms with Crippen molar-refractivity contribution in [1.29, 1.82) is 0 Å². The van der Waals surface area contributed by atoms with Gasteiger partial charge in [-0.15, -0.1) is 0 Å². The van der Waals surface area contributed by atoms with Crippen molar-refractivity contribution in [1.82, 2.24) is 4.31 Å². The Kier molecular flexibility index (Phi) is 3.54. The number of carbonyl (C=O) groups is 1. The van der Waals surface area contributed by atoms with E-state index in [9.17, 15) is 13.2 Å². The molecule has 0 heterocycles. The molecule has 1 unspecified atom stereocenters. The fraction of sp³-hybridized carbons (Fsp3) is 0.462. The average Bonchev–Trinajstić information content (AvgIpc) is 3.21. The van der Waals surface area contributed by atoms with Crippen LogP contribution < -0.4 is 0 Å². The van der Waals surface area contributed by atoms with Crippen molar-refractivity contribution in [3.63, 3.8) is 0 Å². The number of benzene rings is 1. The van der Waals surface area contributed by atoms with Crippen molar-refractivity contribution in [2.75, 3.05) is 7.05 Å². The van der Waals surface area contributed by atoms with Crippen LogP contribution in [-0.4, -0.2) is 32.1 Å². The summed E-state index contributed by atoms with van der Waals surface area (Å²) in [6.07, 6.45) is 2.91. The second kappa shape index (κ2) is 4.82. The Bertz CT molecular complexity index is 532. The molecule has 98 valence electrons. The highest BCUT2D eigenvalue weighted by Crippen LogP contribution is 2.36. The molecular formula is C13H17NO3S. The first-order valence-electron chi connectivity index (χ1n) is 6.00. The van der Waals surface area contributed by atoms with Crippen molar-refractivity contribution in [2.24, 2.45) is 5.92 Å². The Hall–Kier alpha value is -1.20. The van der Waals surface area contributed by atoms with Gasteiger partial charge in [0.05, 0.1) is 4.90 Å². The zero-order valence-corrected chi connectivity index (χ0v) is 11.4. The van der Waals surface area contributed by atoms with E-state index < -0.39 is 10.0 Å². The summed E-state index contributed by atoms with van der Waals surface area (Å²) in [5, 5.41) is 0. The third kappa shape index (κ3) is 2.47. The van der Waals surface area contributed by atoms with Gasteiger partial charge >= 0.3 is 0 Å². The predicted octanol–water partition coefficient (Wildman–Crippen LogP) is 1.92. The number of nitrogens with zero attached hydrogens (tertiary/aromatic N) is 1. The molecule has 1 atom stereocenters. The van der Waals surface area contributed by atoms with E-state index in [1.54, 1.807) is 7.05 Å². The third-order valence-electron chi connectivity index (χ3n) is 3.57. The quantitative estimate of drug-likeness (QED) is 0.766. The highest BCUT2D eigenvalue weighted by atomic mass is 32.2. The first-order valence-corrected chi connectivity index (χ1v) is 7.44. The number of aldehydes is 1. The maximum atomic E-state index is 12.3. The van der Waals surface area contributed by atoms with Gasteiger partial charge in [-0.25, -0.2) is 8.42 Å². The van der Waals surface area contributed by atoms with Crippen LogP contribution in [0.4, 0.5) is 0 Å². The highest BCUT2D eigenvalue weighted by molar-refractivity contribution is 7.89. The Morgan fingerprint density at radius 3 is 2.28 bits per heavy atom. The molecule has 1 fully saturated rings. The molecule has 0 saturated heterocycles. The van der Waals surface area contributed by atoms with Gasteiger partial charge in [-0.1, -0.05) is 12.1 Å². The average molecular weight is 267 g/mol. The van der Waals surface area contributed by atoms with Crippen LogP contribution >= 0.6 is 0 Å². The molecule has 5 heteroatoms. The lowest BCUT2D eigenvalue weighted by Crippen LogP contribution is -2.36. The smallest absolute Gasteiger partial charge is 0.243 e. The predicted molar refractivity (Wildman–Crippen MR) is 69.0 cm³/mol. The summed E-state index contributed by atoms with van der Waals surface area (Å²) in [6, 6.07) is 6.04. The van der Waals surface area contributed by atoms with Crippen LogP contribution in [0.3, 0.4) is 0 Å². The molecule has 0 aromatic heterocycles. The van der Waals surface area contributed by atoms with E-state index in [4.69, 9.17) is 0 Å². The van der Waals surface area contributed by atoms with Crippen molar-refractivity contribution in [3.8, 4) is 0 Å². The summed E-state index contributed by atoms with van der Waals surface area (Å²) in [7, 11) is -1.83. The molecule has 2 rings (SSSR count). The zero-order valence-electron chi connectivity index (χ0n) is 10.5. The van der Waals surface area contributed by atoms with Gasteiger partial charge in [-0.3, -0.25) is 4.79 Å². The van der Waals surface area contributed by atoms with Gasteiger partial charge in [0.25, 0.3) is 0 Å². The van der Waals surface area contributed by atoms with E-state index in [-0.39, 0.29) is 10.9 Å². The number of sulfonamides is 1. The Morgan fingerprint density at radius 2 is 1.83 bits per heavy atom. The minimum Gasteiger partial charge on any atom is -0.298 e. The molecule has 0 N–H and O–H groups in total. The molecule has 18 heavy (non-hydrogen) atoms. The van der Waals surface area contributed by atoms with Gasteiger partial charge in [0, 0.05) is 18.7 Å². The van der Waals surface area contributed by atoms with Gasteiger partial charge in [0.2, 0.25) is 10.0 Å². The fourth-order valence-corrected chi connectivity index (χ4v) is 3.40. The summed E-state index contributed by atoms with van der Waals surface area (Å²) in [4.78, 5) is 10.8. The van der Waals surface area contributed by atoms with Crippen LogP contribution in [0.25, 0.3) is 0 Å². The van der Waals surface area contributed by atoms with Crippen molar-refractivity contribution >= 4 is 16.3 Å². The summed E-state index contributed by atoms with van der Waals surface area (Å²) in [5.41, 5.74) is 0.479. The maximum absolute atomic E-state index is 12.3. The van der Waals surface area contributed by atoms with E-state index in [1.807, 2.05) is 6.92 Å². The van der Waals surface area contributed by atoms with Crippen LogP contribution in [0.15, 0.2) is 29.2 Å². The standard InChI is InChI=1S/C13H17NO3S/c1-10(12-5-6-12)14(2)18(16,17)13-7-3-11(9-15)4-8-13/h3-4,7-10,12H,5-6H2,1-2H3. The summed E-state index contributed by atoms with van der Waals surface area (Å²) in [5.74, 6) is 0.485. The number of rotatable bonds is 5. The Balaban J connectivity index is 2.25. The molecule has 4 nitrogen and oxygen atoms in total. The minimum absolute atomic E-state index is 0.0285.